The highest BCUT2D eigenvalue weighted by Gasteiger charge is 2.32. The number of likely N-dealkylation sites (tertiary alicyclic amines) is 1. The summed E-state index contributed by atoms with van der Waals surface area (Å²) in [5.74, 6) is 0. The molecule has 2 aromatic carbocycles. The van der Waals surface area contributed by atoms with Gasteiger partial charge in [0.15, 0.2) is 0 Å². The Morgan fingerprint density at radius 1 is 1.11 bits per heavy atom. The fraction of sp³-hybridized carbons (Fsp3) is 0.412. The van der Waals surface area contributed by atoms with Crippen LogP contribution in [0.15, 0.2) is 60.1 Å². The van der Waals surface area contributed by atoms with E-state index in [-0.39, 0.29) is 11.6 Å². The fourth-order valence-electron chi connectivity index (χ4n) is 6.22. The van der Waals surface area contributed by atoms with Crippen molar-refractivity contribution in [3.05, 3.63) is 81.2 Å². The number of aromatic nitrogens is 1. The van der Waals surface area contributed by atoms with Crippen LogP contribution in [0, 0.1) is 18.3 Å². The van der Waals surface area contributed by atoms with Gasteiger partial charge in [-0.2, -0.15) is 5.26 Å². The lowest BCUT2D eigenvalue weighted by atomic mass is 9.97. The van der Waals surface area contributed by atoms with Crippen LogP contribution in [0.4, 0.5) is 17.1 Å². The molecule has 1 aromatic heterocycles. The van der Waals surface area contributed by atoms with Crippen molar-refractivity contribution < 1.29 is 4.74 Å². The number of piperidine rings is 1. The molecule has 0 spiro atoms. The molecule has 4 heterocycles. The average molecular weight is 648 g/mol. The second-order valence-corrected chi connectivity index (χ2v) is 13.7. The largest absolute Gasteiger partial charge is 0.377 e. The number of nitriles is 1. The van der Waals surface area contributed by atoms with Gasteiger partial charge >= 0.3 is 0 Å². The highest BCUT2D eigenvalue weighted by atomic mass is 35.5. The van der Waals surface area contributed by atoms with Gasteiger partial charge in [0.1, 0.15) is 6.07 Å². The molecular weight excluding hydrogens is 607 g/mol. The van der Waals surface area contributed by atoms with Crippen LogP contribution in [0.2, 0.25) is 10.0 Å². The van der Waals surface area contributed by atoms with Gasteiger partial charge in [-0.3, -0.25) is 14.9 Å². The Morgan fingerprint density at radius 2 is 1.89 bits per heavy atom. The maximum atomic E-state index is 9.98. The molecular formula is C34H40Cl2N8O. The normalized spacial score (nSPS) is 18.6. The van der Waals surface area contributed by atoms with Crippen molar-refractivity contribution in [1.82, 2.24) is 25.9 Å². The van der Waals surface area contributed by atoms with Crippen LogP contribution in [0.25, 0.3) is 10.9 Å². The third-order valence-corrected chi connectivity index (χ3v) is 9.59. The summed E-state index contributed by atoms with van der Waals surface area (Å²) >= 11 is 13.3. The minimum absolute atomic E-state index is 0.144. The fourth-order valence-corrected chi connectivity index (χ4v) is 6.67. The van der Waals surface area contributed by atoms with Gasteiger partial charge in [-0.15, -0.1) is 5.53 Å². The molecule has 3 aromatic rings. The third kappa shape index (κ3) is 6.86. The monoisotopic (exact) mass is 646 g/mol. The van der Waals surface area contributed by atoms with Crippen molar-refractivity contribution in [2.45, 2.75) is 64.6 Å². The first kappa shape index (κ1) is 31.5. The molecule has 11 heteroatoms. The number of pyridine rings is 1. The molecule has 0 amide bonds. The predicted molar refractivity (Wildman–Crippen MR) is 182 cm³/mol. The Balaban J connectivity index is 1.31. The highest BCUT2D eigenvalue weighted by Crippen LogP contribution is 2.37. The maximum Gasteiger partial charge on any atom is 0.103 e. The van der Waals surface area contributed by atoms with Crippen molar-refractivity contribution in [2.24, 2.45) is 0 Å². The van der Waals surface area contributed by atoms with Gasteiger partial charge in [0.25, 0.3) is 0 Å². The first-order chi connectivity index (χ1) is 21.6. The van der Waals surface area contributed by atoms with E-state index in [0.29, 0.717) is 46.1 Å². The van der Waals surface area contributed by atoms with Gasteiger partial charge in [-0.1, -0.05) is 35.3 Å². The molecule has 3 aliphatic heterocycles. The summed E-state index contributed by atoms with van der Waals surface area (Å²) in [5, 5.41) is 21.2. The molecule has 0 aliphatic carbocycles. The SMILES string of the molecule is Cc1ccc(Nc2c(C#N)cnc3c(Cl)cc(N[C@@H](C4=CCOCC4)C4=CN(C5CCN(C(C)(C)C)CC5)NN4)cc23)cc1Cl. The third-order valence-electron chi connectivity index (χ3n) is 8.89. The summed E-state index contributed by atoms with van der Waals surface area (Å²) in [6.07, 6.45) is 8.87. The molecule has 45 heavy (non-hydrogen) atoms. The van der Waals surface area contributed by atoms with E-state index in [4.69, 9.17) is 27.9 Å². The maximum absolute atomic E-state index is 9.98. The van der Waals surface area contributed by atoms with E-state index in [2.05, 4.69) is 75.6 Å². The lowest BCUT2D eigenvalue weighted by molar-refractivity contribution is 0.0570. The van der Waals surface area contributed by atoms with Gasteiger partial charge in [0, 0.05) is 58.9 Å². The molecule has 1 saturated heterocycles. The number of nitrogens with zero attached hydrogens (tertiary/aromatic N) is 4. The summed E-state index contributed by atoms with van der Waals surface area (Å²) in [6.45, 7) is 12.2. The van der Waals surface area contributed by atoms with E-state index < -0.39 is 0 Å². The number of hydrogen-bond acceptors (Lipinski definition) is 9. The number of fused-ring (bicyclic) bond motifs is 1. The molecule has 4 N–H and O–H groups in total. The van der Waals surface area contributed by atoms with E-state index in [1.165, 1.54) is 5.57 Å². The van der Waals surface area contributed by atoms with Crippen LogP contribution in [0.5, 0.6) is 0 Å². The summed E-state index contributed by atoms with van der Waals surface area (Å²) in [6, 6.07) is 12.2. The highest BCUT2D eigenvalue weighted by molar-refractivity contribution is 6.36. The van der Waals surface area contributed by atoms with Crippen LogP contribution in [-0.4, -0.2) is 58.8 Å². The van der Waals surface area contributed by atoms with Gasteiger partial charge in [0.05, 0.1) is 46.7 Å². The molecule has 1 fully saturated rings. The van der Waals surface area contributed by atoms with Crippen molar-refractivity contribution >= 4 is 51.2 Å². The van der Waals surface area contributed by atoms with E-state index in [0.717, 1.165) is 60.4 Å². The lowest BCUT2D eigenvalue weighted by Gasteiger charge is -2.42. The Kier molecular flexibility index (Phi) is 9.14. The summed E-state index contributed by atoms with van der Waals surface area (Å²) in [4.78, 5) is 7.09. The van der Waals surface area contributed by atoms with Crippen LogP contribution in [-0.2, 0) is 4.74 Å². The summed E-state index contributed by atoms with van der Waals surface area (Å²) < 4.78 is 5.65. The molecule has 0 unspecified atom stereocenters. The van der Waals surface area contributed by atoms with E-state index in [1.54, 1.807) is 6.20 Å². The van der Waals surface area contributed by atoms with E-state index in [1.807, 2.05) is 37.3 Å². The molecule has 1 atom stereocenters. The number of hydrazine groups is 2. The zero-order valence-corrected chi connectivity index (χ0v) is 27.7. The number of rotatable bonds is 7. The van der Waals surface area contributed by atoms with Crippen LogP contribution >= 0.6 is 23.2 Å². The zero-order valence-electron chi connectivity index (χ0n) is 26.2. The van der Waals surface area contributed by atoms with Crippen LogP contribution < -0.4 is 21.6 Å². The topological polar surface area (TPSA) is 101 Å². The standard InChI is InChI=1S/C34H40Cl2N8O/c1-21-5-6-24(16-28(21)35)39-31-23(18-37)19-38-33-27(31)15-25(17-29(33)36)40-32(22-9-13-45-14-10-22)30-20-44(42-41-30)26-7-11-43(12-8-26)34(2,3)4/h5-6,9,15-17,19-20,26,32,40-42H,7-8,10-14H2,1-4H3,(H,38,39)/t32-/m0/s1. The van der Waals surface area contributed by atoms with Gasteiger partial charge < -0.3 is 20.8 Å². The number of ether oxygens (including phenoxy) is 1. The number of anilines is 3. The first-order valence-corrected chi connectivity index (χ1v) is 16.2. The van der Waals surface area contributed by atoms with Crippen molar-refractivity contribution in [1.29, 1.82) is 5.26 Å². The van der Waals surface area contributed by atoms with Gasteiger partial charge in [0.2, 0.25) is 0 Å². The number of halogens is 2. The quantitative estimate of drug-likeness (QED) is 0.202. The van der Waals surface area contributed by atoms with Crippen LogP contribution in [0.1, 0.15) is 51.2 Å². The molecule has 6 rings (SSSR count). The summed E-state index contributed by atoms with van der Waals surface area (Å²) in [7, 11) is 0. The van der Waals surface area contributed by atoms with Crippen LogP contribution in [0.3, 0.4) is 0 Å². The van der Waals surface area contributed by atoms with Gasteiger partial charge in [-0.25, -0.2) is 0 Å². The second kappa shape index (κ2) is 13.1. The molecule has 0 radical (unpaired) electrons. The predicted octanol–water partition coefficient (Wildman–Crippen LogP) is 7.02. The molecule has 3 aliphatic rings. The smallest absolute Gasteiger partial charge is 0.103 e. The Bertz CT molecular complexity index is 1680. The number of hydrogen-bond donors (Lipinski definition) is 4. The number of benzene rings is 2. The minimum Gasteiger partial charge on any atom is -0.377 e. The Hall–Kier alpha value is -3.52. The molecule has 236 valence electrons. The van der Waals surface area contributed by atoms with Crippen molar-refractivity contribution in [3.8, 4) is 6.07 Å². The zero-order chi connectivity index (χ0) is 31.7. The minimum atomic E-state index is -0.144. The molecule has 0 saturated carbocycles. The number of aryl methyl sites for hydroxylation is 1. The molecule has 0 bridgehead atoms. The Labute approximate surface area is 275 Å². The average Bonchev–Trinajstić information content (AvgIpc) is 3.52. The Morgan fingerprint density at radius 3 is 2.58 bits per heavy atom. The van der Waals surface area contributed by atoms with E-state index in [9.17, 15) is 5.26 Å². The van der Waals surface area contributed by atoms with Gasteiger partial charge in [-0.05, 0) is 82.4 Å². The molecule has 9 nitrogen and oxygen atoms in total. The van der Waals surface area contributed by atoms with Crippen molar-refractivity contribution in [2.75, 3.05) is 36.9 Å². The lowest BCUT2D eigenvalue weighted by Crippen LogP contribution is -2.52. The number of nitrogens with one attached hydrogen (secondary N) is 4. The summed E-state index contributed by atoms with van der Waals surface area (Å²) in [5.41, 5.74) is 13.5. The first-order valence-electron chi connectivity index (χ1n) is 15.5. The second-order valence-electron chi connectivity index (χ2n) is 12.9. The van der Waals surface area contributed by atoms with Crippen molar-refractivity contribution in [3.63, 3.8) is 0 Å². The van der Waals surface area contributed by atoms with E-state index >= 15 is 0 Å².